The van der Waals surface area contributed by atoms with Gasteiger partial charge in [0.2, 0.25) is 5.91 Å². The molecule has 0 unspecified atom stereocenters. The van der Waals surface area contributed by atoms with E-state index in [9.17, 15) is 24.3 Å². The zero-order chi connectivity index (χ0) is 29.1. The molecule has 0 bridgehead atoms. The van der Waals surface area contributed by atoms with Gasteiger partial charge in [-0.05, 0) is 90.3 Å². The second-order valence-corrected chi connectivity index (χ2v) is 12.6. The third kappa shape index (κ3) is 8.42. The molecule has 0 spiro atoms. The number of hydrogen-bond donors (Lipinski definition) is 3. The Morgan fingerprint density at radius 1 is 1.10 bits per heavy atom. The van der Waals surface area contributed by atoms with Gasteiger partial charge in [0, 0.05) is 18.5 Å². The van der Waals surface area contributed by atoms with Crippen LogP contribution in [0.1, 0.15) is 95.1 Å². The van der Waals surface area contributed by atoms with E-state index in [4.69, 9.17) is 15.2 Å². The van der Waals surface area contributed by atoms with Gasteiger partial charge in [-0.15, -0.1) is 0 Å². The number of fused-ring (bicyclic) bond motifs is 1. The average Bonchev–Trinajstić information content (AvgIpc) is 3.09. The third-order valence-corrected chi connectivity index (χ3v) is 6.93. The molecule has 10 heteroatoms. The molecule has 3 amide bonds. The van der Waals surface area contributed by atoms with Crippen molar-refractivity contribution in [2.24, 2.45) is 11.7 Å². The molecule has 216 valence electrons. The number of benzene rings is 1. The Labute approximate surface area is 230 Å². The van der Waals surface area contributed by atoms with Crippen molar-refractivity contribution in [3.8, 4) is 0 Å². The Hall–Kier alpha value is -3.14. The summed E-state index contributed by atoms with van der Waals surface area (Å²) in [6, 6.07) is 4.16. The molecule has 39 heavy (non-hydrogen) atoms. The van der Waals surface area contributed by atoms with Crippen LogP contribution < -0.4 is 11.1 Å². The van der Waals surface area contributed by atoms with Crippen LogP contribution in [-0.4, -0.2) is 63.3 Å². The largest absolute Gasteiger partial charge is 0.460 e. The molecule has 0 aromatic heterocycles. The average molecular weight is 546 g/mol. The number of aliphatic hydroxyl groups excluding tert-OH is 1. The van der Waals surface area contributed by atoms with Gasteiger partial charge in [0.15, 0.2) is 0 Å². The number of amides is 3. The summed E-state index contributed by atoms with van der Waals surface area (Å²) in [6.07, 6.45) is 1.67. The van der Waals surface area contributed by atoms with E-state index in [1.54, 1.807) is 47.6 Å². The summed E-state index contributed by atoms with van der Waals surface area (Å²) in [5.41, 5.74) is 6.57. The van der Waals surface area contributed by atoms with Crippen molar-refractivity contribution in [1.29, 1.82) is 0 Å². The minimum atomic E-state index is -0.934. The summed E-state index contributed by atoms with van der Waals surface area (Å²) in [5, 5.41) is 13.5. The molecule has 1 aliphatic carbocycles. The Balaban J connectivity index is 1.70. The van der Waals surface area contributed by atoms with Crippen LogP contribution in [0.3, 0.4) is 0 Å². The number of aliphatic hydroxyl groups is 1. The van der Waals surface area contributed by atoms with Gasteiger partial charge in [-0.3, -0.25) is 14.4 Å². The van der Waals surface area contributed by atoms with Crippen LogP contribution >= 0.6 is 0 Å². The van der Waals surface area contributed by atoms with E-state index >= 15 is 0 Å². The highest BCUT2D eigenvalue weighted by Gasteiger charge is 2.37. The topological polar surface area (TPSA) is 148 Å². The van der Waals surface area contributed by atoms with Crippen molar-refractivity contribution in [1.82, 2.24) is 10.2 Å². The maximum Gasteiger partial charge on any atom is 0.407 e. The summed E-state index contributed by atoms with van der Waals surface area (Å²) < 4.78 is 10.7. The molecular weight excluding hydrogens is 502 g/mol. The lowest BCUT2D eigenvalue weighted by Crippen LogP contribution is -2.52. The number of primary amides is 1. The van der Waals surface area contributed by atoms with Crippen LogP contribution in [0.15, 0.2) is 18.2 Å². The molecule has 1 aromatic carbocycles. The first kappa shape index (κ1) is 30.4. The normalized spacial score (nSPS) is 22.2. The minimum absolute atomic E-state index is 0.0141. The molecule has 3 rings (SSSR count). The number of nitrogens with two attached hydrogens (primary N) is 1. The van der Waals surface area contributed by atoms with E-state index in [0.717, 1.165) is 24.0 Å². The van der Waals surface area contributed by atoms with Gasteiger partial charge in [0.05, 0.1) is 12.1 Å². The van der Waals surface area contributed by atoms with E-state index in [2.05, 4.69) is 5.32 Å². The lowest BCUT2D eigenvalue weighted by Gasteiger charge is -2.36. The zero-order valence-corrected chi connectivity index (χ0v) is 23.9. The molecule has 4 atom stereocenters. The van der Waals surface area contributed by atoms with Gasteiger partial charge in [-0.25, -0.2) is 4.79 Å². The second-order valence-electron chi connectivity index (χ2n) is 12.6. The monoisotopic (exact) mass is 545 g/mol. The molecule has 0 saturated heterocycles. The van der Waals surface area contributed by atoms with Gasteiger partial charge in [-0.2, -0.15) is 0 Å². The molecule has 4 N–H and O–H groups in total. The van der Waals surface area contributed by atoms with Crippen molar-refractivity contribution in [2.75, 3.05) is 0 Å². The van der Waals surface area contributed by atoms with Crippen molar-refractivity contribution in [3.05, 3.63) is 34.9 Å². The van der Waals surface area contributed by atoms with Crippen molar-refractivity contribution < 1.29 is 33.8 Å². The number of hydrogen-bond acceptors (Lipinski definition) is 7. The van der Waals surface area contributed by atoms with E-state index < -0.39 is 47.4 Å². The number of nitrogens with zero attached hydrogens (tertiary/aromatic N) is 1. The maximum absolute atomic E-state index is 13.2. The number of esters is 1. The number of ether oxygens (including phenoxy) is 2. The highest BCUT2D eigenvalue weighted by molar-refractivity contribution is 6.01. The summed E-state index contributed by atoms with van der Waals surface area (Å²) in [5.74, 6) is -1.45. The Kier molecular flexibility index (Phi) is 9.31. The smallest absolute Gasteiger partial charge is 0.407 e. The van der Waals surface area contributed by atoms with Gasteiger partial charge in [0.25, 0.3) is 5.91 Å². The van der Waals surface area contributed by atoms with Gasteiger partial charge >= 0.3 is 12.1 Å². The Morgan fingerprint density at radius 3 is 2.38 bits per heavy atom. The first-order chi connectivity index (χ1) is 18.0. The van der Waals surface area contributed by atoms with E-state index in [1.165, 1.54) is 4.90 Å². The van der Waals surface area contributed by atoms with Gasteiger partial charge < -0.3 is 30.5 Å². The zero-order valence-electron chi connectivity index (χ0n) is 23.9. The standard InChI is InChI=1S/C29H43N3O7/c1-28(2,3)38-23(34)13-12-21(25(30)35)32-16-19-15-17(10-11-20(19)26(32)36)14-18-8-7-9-22(33)24(18)31-27(37)39-29(4,5)6/h10-11,15,18,21-22,24,33H,7-9,12-14,16H2,1-6H3,(H2,30,35)(H,31,37)/t18-,21+,22+,24-/m1/s1. The number of nitrogens with one attached hydrogen (secondary N) is 1. The number of carbonyl (C=O) groups is 4. The molecule has 1 saturated carbocycles. The fourth-order valence-electron chi connectivity index (χ4n) is 5.33. The lowest BCUT2D eigenvalue weighted by molar-refractivity contribution is -0.155. The first-order valence-electron chi connectivity index (χ1n) is 13.7. The second kappa shape index (κ2) is 11.9. The molecule has 1 fully saturated rings. The third-order valence-electron chi connectivity index (χ3n) is 6.93. The highest BCUT2D eigenvalue weighted by Crippen LogP contribution is 2.32. The maximum atomic E-state index is 13.2. The van der Waals surface area contributed by atoms with Crippen LogP contribution in [-0.2, 0) is 32.0 Å². The summed E-state index contributed by atoms with van der Waals surface area (Å²) >= 11 is 0. The van der Waals surface area contributed by atoms with Crippen molar-refractivity contribution >= 4 is 23.9 Å². The van der Waals surface area contributed by atoms with Crippen LogP contribution in [0.2, 0.25) is 0 Å². The quantitative estimate of drug-likeness (QED) is 0.425. The van der Waals surface area contributed by atoms with Gasteiger partial charge in [-0.1, -0.05) is 18.6 Å². The summed E-state index contributed by atoms with van der Waals surface area (Å²) in [4.78, 5) is 51.4. The SMILES string of the molecule is CC(C)(C)OC(=O)CC[C@@H](C(N)=O)N1Cc2cc(C[C@H]3CCC[C@H](O)[C@@H]3NC(=O)OC(C)(C)C)ccc2C1=O. The first-order valence-corrected chi connectivity index (χ1v) is 13.7. The Bertz CT molecular complexity index is 1090. The van der Waals surface area contributed by atoms with Crippen LogP contribution in [0.5, 0.6) is 0 Å². The summed E-state index contributed by atoms with van der Waals surface area (Å²) in [6.45, 7) is 10.9. The fourth-order valence-corrected chi connectivity index (χ4v) is 5.33. The van der Waals surface area contributed by atoms with Gasteiger partial charge in [0.1, 0.15) is 17.2 Å². The van der Waals surface area contributed by atoms with E-state index in [0.29, 0.717) is 18.4 Å². The van der Waals surface area contributed by atoms with Crippen LogP contribution in [0.25, 0.3) is 0 Å². The molecule has 1 aliphatic heterocycles. The molecule has 2 aliphatic rings. The molecule has 0 radical (unpaired) electrons. The van der Waals surface area contributed by atoms with Crippen molar-refractivity contribution in [2.45, 2.75) is 116 Å². The number of carbonyl (C=O) groups excluding carboxylic acids is 4. The van der Waals surface area contributed by atoms with Crippen LogP contribution in [0, 0.1) is 5.92 Å². The predicted molar refractivity (Wildman–Crippen MR) is 145 cm³/mol. The minimum Gasteiger partial charge on any atom is -0.460 e. The van der Waals surface area contributed by atoms with Crippen molar-refractivity contribution in [3.63, 3.8) is 0 Å². The molecular formula is C29H43N3O7. The number of alkyl carbamates (subject to hydrolysis) is 1. The van der Waals surface area contributed by atoms with E-state index in [1.807, 2.05) is 12.1 Å². The number of rotatable bonds is 8. The summed E-state index contributed by atoms with van der Waals surface area (Å²) in [7, 11) is 0. The highest BCUT2D eigenvalue weighted by atomic mass is 16.6. The Morgan fingerprint density at radius 2 is 1.77 bits per heavy atom. The predicted octanol–water partition coefficient (Wildman–Crippen LogP) is 3.22. The molecule has 10 nitrogen and oxygen atoms in total. The lowest BCUT2D eigenvalue weighted by atomic mass is 9.79. The molecule has 1 aromatic rings. The van der Waals surface area contributed by atoms with E-state index in [-0.39, 0.29) is 31.2 Å². The van der Waals surface area contributed by atoms with Crippen LogP contribution in [0.4, 0.5) is 4.79 Å². The molecule has 1 heterocycles. The fraction of sp³-hybridized carbons (Fsp3) is 0.655.